The highest BCUT2D eigenvalue weighted by atomic mass is 16.4. The predicted octanol–water partition coefficient (Wildman–Crippen LogP) is 6.24. The van der Waals surface area contributed by atoms with Crippen molar-refractivity contribution < 1.29 is 14.7 Å². The second-order valence-corrected chi connectivity index (χ2v) is 13.0. The number of benzene rings is 3. The van der Waals surface area contributed by atoms with Gasteiger partial charge in [-0.2, -0.15) is 20.4 Å². The number of carboxylic acids is 1. The molecule has 0 saturated carbocycles. The van der Waals surface area contributed by atoms with Crippen LogP contribution in [0.3, 0.4) is 0 Å². The summed E-state index contributed by atoms with van der Waals surface area (Å²) in [4.78, 5) is 36.5. The SMILES string of the molecule is C#Cc1cnc2cccnn12.O=C(O)c1cccc(C#Cc2cnc3cccnn23)c1.O=C(c1cccc(C#Cc2cnc3cccnn23)c1)N1N=CCC1c1ccccc1. The van der Waals surface area contributed by atoms with E-state index in [-0.39, 0.29) is 17.5 Å². The number of terminal acetylenes is 1. The number of hydrazone groups is 1. The second-order valence-electron chi connectivity index (χ2n) is 13.0. The molecule has 1 N–H and O–H groups in total. The van der Waals surface area contributed by atoms with Gasteiger partial charge in [-0.15, -0.1) is 6.42 Å². The van der Waals surface area contributed by atoms with E-state index in [9.17, 15) is 9.59 Å². The van der Waals surface area contributed by atoms with Crippen LogP contribution >= 0.6 is 0 Å². The standard InChI is InChI=1S/C24H17N5O.C15H9N3O2.C8H5N3/c30-24(29-22(13-15-27-29)19-7-2-1-3-8-19)20-9-4-6-18(16-20)11-12-21-17-25-23-10-5-14-26-28(21)23;19-15(20)12-4-1-3-11(9-12)6-7-13-10-16-14-5-2-8-17-18(13)14;1-2-7-6-9-8-4-3-5-10-11(7)8/h1-10,14-17,22H,13H2;1-5,8-10H,(H,19,20);1,3-6H. The van der Waals surface area contributed by atoms with Crippen molar-refractivity contribution in [1.29, 1.82) is 0 Å². The summed E-state index contributed by atoms with van der Waals surface area (Å²) in [5.41, 5.74) is 7.48. The summed E-state index contributed by atoms with van der Waals surface area (Å²) >= 11 is 0. The van der Waals surface area contributed by atoms with Crippen LogP contribution in [0.1, 0.15) is 67.0 Å². The van der Waals surface area contributed by atoms with Gasteiger partial charge >= 0.3 is 5.97 Å². The molecule has 14 nitrogen and oxygen atoms in total. The molecule has 9 aromatic rings. The van der Waals surface area contributed by atoms with Gasteiger partial charge in [-0.05, 0) is 96.1 Å². The minimum Gasteiger partial charge on any atom is -0.478 e. The molecule has 6 aromatic heterocycles. The molecule has 14 heteroatoms. The van der Waals surface area contributed by atoms with Gasteiger partial charge in [0.25, 0.3) is 5.91 Å². The number of nitrogens with zero attached hydrogens (tertiary/aromatic N) is 11. The Balaban J connectivity index is 0.000000142. The van der Waals surface area contributed by atoms with E-state index in [0.29, 0.717) is 34.6 Å². The molecule has 1 atom stereocenters. The van der Waals surface area contributed by atoms with Crippen LogP contribution < -0.4 is 0 Å². The van der Waals surface area contributed by atoms with Crippen LogP contribution in [0.2, 0.25) is 0 Å². The fraction of sp³-hybridized carbons (Fsp3) is 0.0426. The maximum Gasteiger partial charge on any atom is 0.335 e. The van der Waals surface area contributed by atoms with Gasteiger partial charge in [0.05, 0.1) is 30.2 Å². The Hall–Kier alpha value is -9.19. The quantitative estimate of drug-likeness (QED) is 0.204. The zero-order valence-electron chi connectivity index (χ0n) is 32.1. The fourth-order valence-corrected chi connectivity index (χ4v) is 6.18. The van der Waals surface area contributed by atoms with E-state index in [1.165, 1.54) is 12.1 Å². The Bertz CT molecular complexity index is 3250. The minimum absolute atomic E-state index is 0.0855. The van der Waals surface area contributed by atoms with E-state index in [1.54, 1.807) is 92.3 Å². The lowest BCUT2D eigenvalue weighted by Crippen LogP contribution is -2.27. The molecule has 1 aliphatic heterocycles. The molecule has 0 fully saturated rings. The second kappa shape index (κ2) is 17.9. The topological polar surface area (TPSA) is 161 Å². The van der Waals surface area contributed by atoms with Crippen molar-refractivity contribution in [2.24, 2.45) is 5.10 Å². The summed E-state index contributed by atoms with van der Waals surface area (Å²) in [6.45, 7) is 0. The van der Waals surface area contributed by atoms with E-state index in [2.05, 4.69) is 65.0 Å². The van der Waals surface area contributed by atoms with Gasteiger partial charge in [-0.3, -0.25) is 4.79 Å². The largest absolute Gasteiger partial charge is 0.478 e. The molecule has 1 aliphatic rings. The molecule has 61 heavy (non-hydrogen) atoms. The zero-order valence-corrected chi connectivity index (χ0v) is 32.1. The third kappa shape index (κ3) is 8.87. The van der Waals surface area contributed by atoms with Crippen LogP contribution in [0.5, 0.6) is 0 Å². The Morgan fingerprint density at radius 3 is 1.64 bits per heavy atom. The van der Waals surface area contributed by atoms with Crippen LogP contribution in [-0.2, 0) is 0 Å². The number of carbonyl (C=O) groups is 2. The van der Waals surface area contributed by atoms with Gasteiger partial charge in [0.2, 0.25) is 0 Å². The number of imidazole rings is 3. The molecule has 0 saturated heterocycles. The number of aromatic carboxylic acids is 1. The van der Waals surface area contributed by atoms with Crippen LogP contribution in [0.25, 0.3) is 16.9 Å². The van der Waals surface area contributed by atoms with Gasteiger partial charge in [0.15, 0.2) is 16.9 Å². The van der Waals surface area contributed by atoms with Crippen molar-refractivity contribution in [1.82, 2.24) is 48.8 Å². The van der Waals surface area contributed by atoms with Crippen molar-refractivity contribution in [3.8, 4) is 36.0 Å². The summed E-state index contributed by atoms with van der Waals surface area (Å²) in [6.07, 6.45) is 17.7. The number of carbonyl (C=O) groups excluding carboxylic acids is 1. The summed E-state index contributed by atoms with van der Waals surface area (Å²) in [7, 11) is 0. The highest BCUT2D eigenvalue weighted by Crippen LogP contribution is 2.29. The fourth-order valence-electron chi connectivity index (χ4n) is 6.18. The average Bonchev–Trinajstić information content (AvgIpc) is 4.14. The number of carboxylic acid groups (broad SMARTS) is 1. The van der Waals surface area contributed by atoms with Crippen molar-refractivity contribution in [2.75, 3.05) is 0 Å². The molecule has 0 radical (unpaired) electrons. The predicted molar refractivity (Wildman–Crippen MR) is 227 cm³/mol. The number of hydrogen-bond acceptors (Lipinski definition) is 9. The van der Waals surface area contributed by atoms with Gasteiger partial charge < -0.3 is 5.11 Å². The number of fused-ring (bicyclic) bond motifs is 3. The first-order chi connectivity index (χ1) is 29.9. The Kier molecular flexibility index (Phi) is 11.4. The highest BCUT2D eigenvalue weighted by molar-refractivity contribution is 5.96. The van der Waals surface area contributed by atoms with E-state index in [1.807, 2.05) is 72.8 Å². The summed E-state index contributed by atoms with van der Waals surface area (Å²) in [5.74, 6) is 13.4. The molecule has 1 amide bonds. The third-order valence-corrected chi connectivity index (χ3v) is 9.09. The van der Waals surface area contributed by atoms with E-state index in [4.69, 9.17) is 11.5 Å². The first-order valence-electron chi connectivity index (χ1n) is 18.7. The maximum atomic E-state index is 13.1. The van der Waals surface area contributed by atoms with Crippen LogP contribution in [0.15, 0.2) is 158 Å². The van der Waals surface area contributed by atoms with Crippen LogP contribution in [-0.4, -0.2) is 72.0 Å². The Labute approximate surface area is 348 Å². The minimum atomic E-state index is -0.967. The lowest BCUT2D eigenvalue weighted by Gasteiger charge is -2.22. The van der Waals surface area contributed by atoms with Gasteiger partial charge in [-0.25, -0.2) is 38.3 Å². The van der Waals surface area contributed by atoms with Gasteiger partial charge in [0, 0.05) is 47.9 Å². The lowest BCUT2D eigenvalue weighted by molar-refractivity contribution is 0.0692. The Morgan fingerprint density at radius 2 is 1.10 bits per heavy atom. The molecule has 3 aromatic carbocycles. The first-order valence-corrected chi connectivity index (χ1v) is 18.7. The van der Waals surface area contributed by atoms with Crippen molar-refractivity contribution in [2.45, 2.75) is 12.5 Å². The van der Waals surface area contributed by atoms with E-state index >= 15 is 0 Å². The molecule has 0 aliphatic carbocycles. The summed E-state index contributed by atoms with van der Waals surface area (Å²) in [5, 5.41) is 27.2. The number of rotatable bonds is 3. The number of amides is 1. The lowest BCUT2D eigenvalue weighted by atomic mass is 10.0. The normalized spacial score (nSPS) is 12.5. The summed E-state index contributed by atoms with van der Waals surface area (Å²) < 4.78 is 4.94. The van der Waals surface area contributed by atoms with Gasteiger partial charge in [-0.1, -0.05) is 54.3 Å². The maximum absolute atomic E-state index is 13.1. The molecule has 292 valence electrons. The molecule has 7 heterocycles. The van der Waals surface area contributed by atoms with Crippen molar-refractivity contribution >= 4 is 35.0 Å². The van der Waals surface area contributed by atoms with Crippen LogP contribution in [0.4, 0.5) is 0 Å². The average molecular weight is 798 g/mol. The Morgan fingerprint density at radius 1 is 0.590 bits per heavy atom. The first kappa shape index (κ1) is 38.7. The van der Waals surface area contributed by atoms with Gasteiger partial charge in [0.1, 0.15) is 17.1 Å². The molecule has 10 rings (SSSR count). The summed E-state index contributed by atoms with van der Waals surface area (Å²) in [6, 6.07) is 34.7. The zero-order chi connectivity index (χ0) is 42.0. The molecule has 0 spiro atoms. The smallest absolute Gasteiger partial charge is 0.335 e. The van der Waals surface area contributed by atoms with E-state index < -0.39 is 5.97 Å². The molecule has 1 unspecified atom stereocenters. The van der Waals surface area contributed by atoms with Crippen LogP contribution in [0, 0.1) is 36.0 Å². The monoisotopic (exact) mass is 797 g/mol. The van der Waals surface area contributed by atoms with E-state index in [0.717, 1.165) is 28.1 Å². The molecule has 0 bridgehead atoms. The molecular weight excluding hydrogens is 767 g/mol. The number of aromatic nitrogens is 9. The third-order valence-electron chi connectivity index (χ3n) is 9.09. The van der Waals surface area contributed by atoms with Crippen molar-refractivity contribution in [3.63, 3.8) is 0 Å². The highest BCUT2D eigenvalue weighted by Gasteiger charge is 2.29. The number of hydrogen-bond donors (Lipinski definition) is 1. The molecular formula is C47H31N11O3. The van der Waals surface area contributed by atoms with Crippen molar-refractivity contribution in [3.05, 3.63) is 197 Å².